The molecule has 2 aromatic carbocycles. The van der Waals surface area contributed by atoms with Crippen molar-refractivity contribution in [3.05, 3.63) is 64.5 Å². The number of hydrogen-bond acceptors (Lipinski definition) is 8. The maximum Gasteiger partial charge on any atom is 0.421 e. The van der Waals surface area contributed by atoms with E-state index in [0.717, 1.165) is 52.8 Å². The predicted molar refractivity (Wildman–Crippen MR) is 110 cm³/mol. The van der Waals surface area contributed by atoms with Crippen LogP contribution < -0.4 is 0 Å². The van der Waals surface area contributed by atoms with Gasteiger partial charge in [0.15, 0.2) is 0 Å². The van der Waals surface area contributed by atoms with E-state index in [4.69, 9.17) is 4.74 Å². The van der Waals surface area contributed by atoms with E-state index < -0.39 is 51.6 Å². The number of amides is 1. The Morgan fingerprint density at radius 3 is 2.03 bits per heavy atom. The molecule has 1 unspecified atom stereocenters. The van der Waals surface area contributed by atoms with E-state index in [2.05, 4.69) is 7.54 Å². The third-order valence-corrected chi connectivity index (χ3v) is 10.2. The molecule has 1 aliphatic heterocycles. The van der Waals surface area contributed by atoms with Gasteiger partial charge in [0.2, 0.25) is 0 Å². The summed E-state index contributed by atoms with van der Waals surface area (Å²) in [7, 11) is -12.9. The maximum absolute atomic E-state index is 13.5. The molecule has 32 heavy (non-hydrogen) atoms. The van der Waals surface area contributed by atoms with Gasteiger partial charge in [-0.1, -0.05) is 0 Å². The molecule has 1 fully saturated rings. The molecule has 3 rings (SSSR count). The second-order valence-electron chi connectivity index (χ2n) is 6.30. The highest BCUT2D eigenvalue weighted by molar-refractivity contribution is 8.08. The van der Waals surface area contributed by atoms with Gasteiger partial charge in [0.05, 0.1) is 37.3 Å². The monoisotopic (exact) mass is 506 g/mol. The minimum Gasteiger partial charge on any atom is -0.447 e. The van der Waals surface area contributed by atoms with Gasteiger partial charge >= 0.3 is 6.09 Å². The van der Waals surface area contributed by atoms with Crippen molar-refractivity contribution in [3.63, 3.8) is 0 Å². The Hall–Kier alpha value is -3.11. The molecule has 0 aromatic heterocycles. The van der Waals surface area contributed by atoms with Crippen LogP contribution in [-0.4, -0.2) is 51.6 Å². The first kappa shape index (κ1) is 23.6. The van der Waals surface area contributed by atoms with Crippen molar-refractivity contribution < 1.29 is 35.7 Å². The highest BCUT2D eigenvalue weighted by atomic mass is 32.3. The largest absolute Gasteiger partial charge is 0.447 e. The number of carbonyl (C=O) groups is 1. The molecule has 1 atom stereocenters. The Morgan fingerprint density at radius 2 is 1.56 bits per heavy atom. The molecule has 0 radical (unpaired) electrons. The summed E-state index contributed by atoms with van der Waals surface area (Å²) >= 11 is 0. The summed E-state index contributed by atoms with van der Waals surface area (Å²) < 4.78 is 77.0. The van der Waals surface area contributed by atoms with Crippen LogP contribution in [0.5, 0.6) is 0 Å². The second kappa shape index (κ2) is 8.44. The number of nitrogens with zero attached hydrogens (tertiary/aromatic N) is 4. The molecule has 0 spiro atoms. The fourth-order valence-corrected chi connectivity index (χ4v) is 9.10. The minimum atomic E-state index is -4.71. The number of non-ortho nitro benzene ring substituents is 1. The van der Waals surface area contributed by atoms with E-state index in [1.165, 1.54) is 0 Å². The van der Waals surface area contributed by atoms with E-state index in [9.17, 15) is 36.1 Å². The van der Waals surface area contributed by atoms with Crippen molar-refractivity contribution >= 4 is 41.6 Å². The lowest BCUT2D eigenvalue weighted by Gasteiger charge is -2.23. The van der Waals surface area contributed by atoms with Crippen molar-refractivity contribution in [1.82, 2.24) is 4.31 Å². The van der Waals surface area contributed by atoms with E-state index in [1.54, 1.807) is 0 Å². The van der Waals surface area contributed by atoms with Crippen LogP contribution in [0.4, 0.5) is 14.9 Å². The highest BCUT2D eigenvalue weighted by Crippen LogP contribution is 2.30. The summed E-state index contributed by atoms with van der Waals surface area (Å²) in [5.74, 6) is -0.705. The van der Waals surface area contributed by atoms with Crippen molar-refractivity contribution in [2.75, 3.05) is 19.4 Å². The number of rotatable bonds is 6. The Balaban J connectivity index is 2.41. The Labute approximate surface area is 182 Å². The quantitative estimate of drug-likeness (QED) is 0.425. The average Bonchev–Trinajstić information content (AvgIpc) is 3.13. The number of sulfonamides is 2. The lowest BCUT2D eigenvalue weighted by molar-refractivity contribution is -0.384. The van der Waals surface area contributed by atoms with Gasteiger partial charge in [0.25, 0.3) is 25.7 Å². The molecule has 16 heteroatoms. The molecule has 0 aliphatic carbocycles. The summed E-state index contributed by atoms with van der Waals surface area (Å²) in [5, 5.41) is 10.8. The molecule has 1 heterocycles. The van der Waals surface area contributed by atoms with Gasteiger partial charge in [-0.05, 0) is 36.4 Å². The number of nitro groups is 1. The van der Waals surface area contributed by atoms with Gasteiger partial charge in [-0.3, -0.25) is 10.1 Å². The van der Waals surface area contributed by atoms with Crippen LogP contribution in [0, 0.1) is 15.9 Å². The molecule has 172 valence electrons. The van der Waals surface area contributed by atoms with E-state index in [1.807, 2.05) is 0 Å². The normalized spacial score (nSPS) is 16.2. The van der Waals surface area contributed by atoms with E-state index >= 15 is 0 Å². The summed E-state index contributed by atoms with van der Waals surface area (Å²) in [5.41, 5.74) is -0.384. The molecule has 0 saturated carbocycles. The second-order valence-corrected chi connectivity index (χ2v) is 12.3. The fourth-order valence-electron chi connectivity index (χ4n) is 2.64. The van der Waals surface area contributed by atoms with Crippen LogP contribution in [0.1, 0.15) is 0 Å². The summed E-state index contributed by atoms with van der Waals surface area (Å²) in [6.07, 6.45) is -0.368. The fraction of sp³-hybridized carbons (Fsp3) is 0.188. The number of ether oxygens (including phenoxy) is 1. The van der Waals surface area contributed by atoms with Crippen LogP contribution in [0.25, 0.3) is 0 Å². The molecule has 0 N–H and O–H groups in total. The van der Waals surface area contributed by atoms with E-state index in [-0.39, 0.29) is 23.7 Å². The molecule has 0 bridgehead atoms. The van der Waals surface area contributed by atoms with Crippen LogP contribution in [-0.2, 0) is 34.6 Å². The summed E-state index contributed by atoms with van der Waals surface area (Å²) in [6, 6.07) is 7.68. The van der Waals surface area contributed by atoms with E-state index in [0.29, 0.717) is 6.26 Å². The van der Waals surface area contributed by atoms with Gasteiger partial charge in [-0.2, -0.15) is 8.42 Å². The lowest BCUT2D eigenvalue weighted by Crippen LogP contribution is -2.33. The number of halogens is 1. The number of hydrogen-bond donors (Lipinski definition) is 0. The van der Waals surface area contributed by atoms with Crippen LogP contribution >= 0.6 is 0 Å². The highest BCUT2D eigenvalue weighted by Gasteiger charge is 2.35. The van der Waals surface area contributed by atoms with Crippen LogP contribution in [0.15, 0.2) is 65.9 Å². The van der Waals surface area contributed by atoms with Gasteiger partial charge in [-0.25, -0.2) is 21.9 Å². The minimum absolute atomic E-state index is 0.159. The van der Waals surface area contributed by atoms with Gasteiger partial charge in [-0.15, -0.1) is 7.54 Å². The molecule has 2 aromatic rings. The number of nitro benzene ring substituents is 1. The third kappa shape index (κ3) is 4.86. The molecule has 1 aliphatic rings. The molecule has 1 saturated heterocycles. The predicted octanol–water partition coefficient (Wildman–Crippen LogP) is 2.33. The SMILES string of the molecule is CS(=O)(=O)N=S(=NS(=O)(=O)c1ccc([N+](=O)[O-])cc1)(c1ccc(F)cc1)N1CCOC1=O. The van der Waals surface area contributed by atoms with Gasteiger partial charge in [0, 0.05) is 12.1 Å². The molecule has 12 nitrogen and oxygen atoms in total. The summed E-state index contributed by atoms with van der Waals surface area (Å²) in [6.45, 7) is -0.412. The third-order valence-electron chi connectivity index (χ3n) is 3.95. The van der Waals surface area contributed by atoms with Gasteiger partial charge < -0.3 is 4.74 Å². The molecular weight excluding hydrogens is 491 g/mol. The topological polar surface area (TPSA) is 166 Å². The Kier molecular flexibility index (Phi) is 6.21. The zero-order chi connectivity index (χ0) is 23.7. The first-order valence-corrected chi connectivity index (χ1v) is 13.3. The Morgan fingerprint density at radius 1 is 1.00 bits per heavy atom. The van der Waals surface area contributed by atoms with Crippen LogP contribution in [0.3, 0.4) is 0 Å². The first-order chi connectivity index (χ1) is 14.8. The maximum atomic E-state index is 13.5. The summed E-state index contributed by atoms with van der Waals surface area (Å²) in [4.78, 5) is 21.8. The Bertz CT molecular complexity index is 1410. The number of carbonyl (C=O) groups excluding carboxylic acids is 1. The molecular formula is C16H15FN4O8S3. The van der Waals surface area contributed by atoms with Crippen molar-refractivity contribution in [3.8, 4) is 0 Å². The lowest BCUT2D eigenvalue weighted by atomic mass is 10.3. The number of cyclic esters (lactones) is 1. The zero-order valence-corrected chi connectivity index (χ0v) is 18.6. The van der Waals surface area contributed by atoms with Crippen LogP contribution in [0.2, 0.25) is 0 Å². The van der Waals surface area contributed by atoms with Gasteiger partial charge in [0.1, 0.15) is 12.4 Å². The van der Waals surface area contributed by atoms with Crippen molar-refractivity contribution in [2.24, 2.45) is 7.54 Å². The van der Waals surface area contributed by atoms with Crippen molar-refractivity contribution in [2.45, 2.75) is 9.79 Å². The smallest absolute Gasteiger partial charge is 0.421 e. The average molecular weight is 507 g/mol. The first-order valence-electron chi connectivity index (χ1n) is 8.55. The number of benzene rings is 2. The van der Waals surface area contributed by atoms with Crippen molar-refractivity contribution in [1.29, 1.82) is 0 Å². The molecule has 1 amide bonds. The standard InChI is InChI=1S/C16H15FN4O8S3/c1-30(25,26)18-31(20-10-11-29-16(20)22,14-6-2-12(17)3-7-14)19-32(27,28)15-8-4-13(5-9-15)21(23)24/h2-9H,10-11H2,1H3. The zero-order valence-electron chi connectivity index (χ0n) is 16.2.